The lowest BCUT2D eigenvalue weighted by Gasteiger charge is -2.27. The molecule has 0 aliphatic carbocycles. The van der Waals surface area contributed by atoms with Gasteiger partial charge in [0.25, 0.3) is 0 Å². The number of benzene rings is 2. The number of rotatable bonds is 35. The quantitative estimate of drug-likeness (QED) is 0.0440. The van der Waals surface area contributed by atoms with Crippen molar-refractivity contribution in [3.8, 4) is 11.5 Å². The predicted molar refractivity (Wildman–Crippen MR) is 237 cm³/mol. The number of phenolic OH excluding ortho intramolecular Hbond substituents is 2. The number of aromatic hydroxyl groups is 2. The molecule has 0 spiro atoms. The zero-order chi connectivity index (χ0) is 50.1. The van der Waals surface area contributed by atoms with Gasteiger partial charge >= 0.3 is 35.8 Å². The third-order valence-corrected chi connectivity index (χ3v) is 10.6. The highest BCUT2D eigenvalue weighted by Crippen LogP contribution is 2.27. The molecule has 0 saturated carbocycles. The highest BCUT2D eigenvalue weighted by atomic mass is 16.4. The molecule has 0 fully saturated rings. The number of nitrogens with zero attached hydrogens (tertiary/aromatic N) is 2. The van der Waals surface area contributed by atoms with Crippen LogP contribution in [0.5, 0.6) is 11.5 Å². The number of unbranched alkanes of at least 4 members (excludes halogenated alkanes) is 2. The van der Waals surface area contributed by atoms with Gasteiger partial charge in [0.2, 0.25) is 17.7 Å². The third-order valence-electron chi connectivity index (χ3n) is 10.6. The number of phenols is 2. The van der Waals surface area contributed by atoms with E-state index < -0.39 is 79.6 Å². The van der Waals surface area contributed by atoms with Crippen molar-refractivity contribution < 1.29 is 84.0 Å². The Hall–Kier alpha value is -6.81. The molecule has 0 aliphatic heterocycles. The number of carboxylic acids is 6. The molecule has 22 heteroatoms. The van der Waals surface area contributed by atoms with Crippen LogP contribution in [0, 0.1) is 12.8 Å². The van der Waals surface area contributed by atoms with Crippen molar-refractivity contribution in [2.45, 2.75) is 110 Å². The van der Waals surface area contributed by atoms with Crippen molar-refractivity contribution in [1.82, 2.24) is 25.8 Å². The Morgan fingerprint density at radius 1 is 0.567 bits per heavy atom. The summed E-state index contributed by atoms with van der Waals surface area (Å²) in [6.07, 6.45) is 1.15. The number of hydrogen-bond donors (Lipinski definition) is 11. The Balaban J connectivity index is 1.81. The van der Waals surface area contributed by atoms with Gasteiger partial charge in [-0.05, 0) is 74.6 Å². The van der Waals surface area contributed by atoms with Crippen LogP contribution in [0.3, 0.4) is 0 Å². The van der Waals surface area contributed by atoms with Crippen molar-refractivity contribution in [2.24, 2.45) is 5.92 Å². The molecule has 0 heterocycles. The lowest BCUT2D eigenvalue weighted by molar-refractivity contribution is -0.145. The summed E-state index contributed by atoms with van der Waals surface area (Å²) in [5, 5.41) is 84.8. The Bertz CT molecular complexity index is 2040. The summed E-state index contributed by atoms with van der Waals surface area (Å²) in [5.74, 6) is -9.82. The fourth-order valence-electron chi connectivity index (χ4n) is 7.08. The van der Waals surface area contributed by atoms with Gasteiger partial charge in [-0.15, -0.1) is 0 Å². The van der Waals surface area contributed by atoms with Crippen LogP contribution in [-0.4, -0.2) is 149 Å². The molecule has 0 saturated heterocycles. The first-order chi connectivity index (χ1) is 31.6. The van der Waals surface area contributed by atoms with E-state index >= 15 is 0 Å². The number of carbonyl (C=O) groups excluding carboxylic acids is 3. The first-order valence-electron chi connectivity index (χ1n) is 21.9. The van der Waals surface area contributed by atoms with Gasteiger partial charge in [0, 0.05) is 82.5 Å². The number of carbonyl (C=O) groups is 9. The van der Waals surface area contributed by atoms with E-state index in [0.717, 1.165) is 0 Å². The van der Waals surface area contributed by atoms with Gasteiger partial charge in [0.05, 0.1) is 19.0 Å². The summed E-state index contributed by atoms with van der Waals surface area (Å²) in [7, 11) is 0. The van der Waals surface area contributed by atoms with Crippen LogP contribution in [-0.2, 0) is 69.1 Å². The van der Waals surface area contributed by atoms with Crippen LogP contribution >= 0.6 is 0 Å². The normalized spacial score (nSPS) is 12.0. The lowest BCUT2D eigenvalue weighted by Crippen LogP contribution is -2.42. The maximum atomic E-state index is 12.7. The average molecular weight is 946 g/mol. The monoisotopic (exact) mass is 945 g/mol. The zero-order valence-electron chi connectivity index (χ0n) is 37.5. The van der Waals surface area contributed by atoms with E-state index in [4.69, 9.17) is 10.2 Å². The van der Waals surface area contributed by atoms with E-state index in [-0.39, 0.29) is 94.6 Å². The van der Waals surface area contributed by atoms with Crippen molar-refractivity contribution in [1.29, 1.82) is 0 Å². The van der Waals surface area contributed by atoms with Gasteiger partial charge in [-0.25, -0.2) is 4.79 Å². The molecule has 0 aromatic heterocycles. The van der Waals surface area contributed by atoms with Crippen molar-refractivity contribution in [3.63, 3.8) is 0 Å². The van der Waals surface area contributed by atoms with Crippen LogP contribution in [0.1, 0.15) is 98.4 Å². The molecule has 0 bridgehead atoms. The van der Waals surface area contributed by atoms with Gasteiger partial charge in [-0.2, -0.15) is 0 Å². The first kappa shape index (κ1) is 56.3. The second kappa shape index (κ2) is 29.7. The minimum atomic E-state index is -1.46. The van der Waals surface area contributed by atoms with Gasteiger partial charge < -0.3 is 56.8 Å². The van der Waals surface area contributed by atoms with E-state index in [1.807, 2.05) is 0 Å². The topological polar surface area (TPSA) is 358 Å². The molecule has 67 heavy (non-hydrogen) atoms. The Morgan fingerprint density at radius 3 is 1.69 bits per heavy atom. The number of aliphatic carboxylic acids is 6. The summed E-state index contributed by atoms with van der Waals surface area (Å²) in [6, 6.07) is 6.52. The number of carboxylic acid groups (broad SMARTS) is 6. The third kappa shape index (κ3) is 23.8. The standard InChI is InChI=1S/C45H63N5O17/c1-28-20-30(22-33(43(28)63)25-50(27-42(61)62)19-18-49(26-41(59)60)24-32-21-29(8-12-35(32)51)10-14-39(55)56)9-13-37(53)47-17-5-3-7-36(52)46-16-4-2-6-31(44(64)65)23-38(54)48-34(45(66)67)11-15-40(57)58/h8,12,20-22,31,34,51,63H,2-7,9-11,13-19,23-27H2,1H3,(H,46,52)(H,47,53)(H,48,54)(H,55,56)(H,57,58)(H,59,60)(H,61,62)(H,64,65)(H,66,67)/t31-,34+/m1/s1. The number of nitrogens with one attached hydrogen (secondary N) is 3. The molecule has 0 unspecified atom stereocenters. The minimum Gasteiger partial charge on any atom is -0.508 e. The predicted octanol–water partition coefficient (Wildman–Crippen LogP) is 1.93. The summed E-state index contributed by atoms with van der Waals surface area (Å²) in [5.41, 5.74) is 2.62. The SMILES string of the molecule is Cc1cc(CCC(=O)NCCCCC(=O)NCCCC[C@H](CC(=O)N[C@@H](CCC(=O)O)C(=O)O)C(=O)O)cc(CN(CCN(CC(=O)O)Cc2cc(CCC(=O)O)ccc2O)CC(=O)O)c1O. The van der Waals surface area contributed by atoms with E-state index in [1.54, 1.807) is 31.2 Å². The molecule has 2 aromatic rings. The molecule has 3 amide bonds. The largest absolute Gasteiger partial charge is 0.508 e. The van der Waals surface area contributed by atoms with Crippen LogP contribution in [0.25, 0.3) is 0 Å². The Morgan fingerprint density at radius 2 is 1.12 bits per heavy atom. The second-order valence-corrected chi connectivity index (χ2v) is 16.3. The van der Waals surface area contributed by atoms with Gasteiger partial charge in [-0.3, -0.25) is 48.2 Å². The Kier molecular flexibility index (Phi) is 24.9. The molecule has 11 N–H and O–H groups in total. The number of amides is 3. The van der Waals surface area contributed by atoms with E-state index in [2.05, 4.69) is 16.0 Å². The fourth-order valence-corrected chi connectivity index (χ4v) is 7.08. The smallest absolute Gasteiger partial charge is 0.326 e. The highest BCUT2D eigenvalue weighted by Gasteiger charge is 2.26. The molecule has 22 nitrogen and oxygen atoms in total. The molecule has 2 aromatic carbocycles. The molecule has 2 atom stereocenters. The van der Waals surface area contributed by atoms with Crippen LogP contribution < -0.4 is 16.0 Å². The highest BCUT2D eigenvalue weighted by molar-refractivity contribution is 5.86. The van der Waals surface area contributed by atoms with Crippen molar-refractivity contribution >= 4 is 53.5 Å². The fraction of sp³-hybridized carbons (Fsp3) is 0.533. The van der Waals surface area contributed by atoms with Gasteiger partial charge in [-0.1, -0.05) is 30.7 Å². The van der Waals surface area contributed by atoms with Crippen LogP contribution in [0.15, 0.2) is 30.3 Å². The minimum absolute atomic E-state index is 0.0200. The van der Waals surface area contributed by atoms with E-state index in [0.29, 0.717) is 66.5 Å². The number of hydrogen-bond acceptors (Lipinski definition) is 13. The summed E-state index contributed by atoms with van der Waals surface area (Å²) >= 11 is 0. The molecular formula is C45H63N5O17. The second-order valence-electron chi connectivity index (χ2n) is 16.3. The van der Waals surface area contributed by atoms with E-state index in [9.17, 15) is 73.8 Å². The molecular weight excluding hydrogens is 883 g/mol. The first-order valence-corrected chi connectivity index (χ1v) is 21.9. The van der Waals surface area contributed by atoms with E-state index in [1.165, 1.54) is 15.9 Å². The maximum absolute atomic E-state index is 12.7. The van der Waals surface area contributed by atoms with Gasteiger partial charge in [0.1, 0.15) is 17.5 Å². The number of aryl methyl sites for hydroxylation is 3. The molecule has 370 valence electrons. The maximum Gasteiger partial charge on any atom is 0.326 e. The molecule has 0 radical (unpaired) electrons. The van der Waals surface area contributed by atoms with Gasteiger partial charge in [0.15, 0.2) is 0 Å². The summed E-state index contributed by atoms with van der Waals surface area (Å²) in [4.78, 5) is 109. The van der Waals surface area contributed by atoms with Crippen molar-refractivity contribution in [2.75, 3.05) is 39.3 Å². The zero-order valence-corrected chi connectivity index (χ0v) is 37.5. The van der Waals surface area contributed by atoms with Crippen LogP contribution in [0.4, 0.5) is 0 Å². The molecule has 2 rings (SSSR count). The van der Waals surface area contributed by atoms with Crippen molar-refractivity contribution in [3.05, 3.63) is 58.1 Å². The summed E-state index contributed by atoms with van der Waals surface area (Å²) in [6.45, 7) is 1.43. The molecule has 0 aliphatic rings. The van der Waals surface area contributed by atoms with Crippen LogP contribution in [0.2, 0.25) is 0 Å². The Labute approximate surface area is 387 Å². The summed E-state index contributed by atoms with van der Waals surface area (Å²) < 4.78 is 0. The lowest BCUT2D eigenvalue weighted by atomic mass is 9.97. The average Bonchev–Trinajstić information content (AvgIpc) is 3.23.